The van der Waals surface area contributed by atoms with Crippen molar-refractivity contribution in [1.82, 2.24) is 5.32 Å². The van der Waals surface area contributed by atoms with E-state index >= 15 is 0 Å². The van der Waals surface area contributed by atoms with Crippen LogP contribution in [0.25, 0.3) is 0 Å². The van der Waals surface area contributed by atoms with E-state index in [1.165, 1.54) is 11.3 Å². The normalized spacial score (nSPS) is 9.72. The Balaban J connectivity index is 2.58. The summed E-state index contributed by atoms with van der Waals surface area (Å²) in [5.74, 6) is 5.80. The van der Waals surface area contributed by atoms with Crippen molar-refractivity contribution in [2.24, 2.45) is 5.73 Å². The van der Waals surface area contributed by atoms with Crippen LogP contribution >= 0.6 is 11.3 Å². The highest BCUT2D eigenvalue weighted by molar-refractivity contribution is 7.14. The lowest BCUT2D eigenvalue weighted by molar-refractivity contribution is 0.0957. The molecule has 1 aromatic rings. The van der Waals surface area contributed by atoms with E-state index in [0.29, 0.717) is 6.54 Å². The Morgan fingerprint density at radius 2 is 2.28 bits per heavy atom. The van der Waals surface area contributed by atoms with Gasteiger partial charge in [0.2, 0.25) is 0 Å². The summed E-state index contributed by atoms with van der Waals surface area (Å²) in [7, 11) is 0. The van der Waals surface area contributed by atoms with Crippen molar-refractivity contribution >= 4 is 17.2 Å². The number of nitrogens with two attached hydrogens (primary N) is 1. The van der Waals surface area contributed by atoms with Crippen LogP contribution in [0.5, 0.6) is 0 Å². The van der Waals surface area contributed by atoms with Crippen LogP contribution in [0.4, 0.5) is 0 Å². The SMILES string of the molecule is CCCCCNC(=O)c1cc(C)c(C#CCN)s1. The summed E-state index contributed by atoms with van der Waals surface area (Å²) >= 11 is 1.43. The first-order chi connectivity index (χ1) is 8.69. The first kappa shape index (κ1) is 14.7. The average molecular weight is 264 g/mol. The van der Waals surface area contributed by atoms with Gasteiger partial charge in [-0.25, -0.2) is 0 Å². The van der Waals surface area contributed by atoms with Crippen molar-refractivity contribution in [3.8, 4) is 11.8 Å². The van der Waals surface area contributed by atoms with Crippen molar-refractivity contribution in [3.63, 3.8) is 0 Å². The van der Waals surface area contributed by atoms with E-state index in [2.05, 4.69) is 24.1 Å². The second-order valence-electron chi connectivity index (χ2n) is 4.09. The molecule has 4 heteroatoms. The van der Waals surface area contributed by atoms with Gasteiger partial charge in [-0.3, -0.25) is 4.79 Å². The molecule has 18 heavy (non-hydrogen) atoms. The number of carbonyl (C=O) groups is 1. The van der Waals surface area contributed by atoms with Crippen LogP contribution in [0.3, 0.4) is 0 Å². The lowest BCUT2D eigenvalue weighted by Crippen LogP contribution is -2.23. The number of amides is 1. The third-order valence-corrected chi connectivity index (χ3v) is 3.66. The average Bonchev–Trinajstić information content (AvgIpc) is 2.73. The third-order valence-electron chi connectivity index (χ3n) is 2.51. The zero-order valence-corrected chi connectivity index (χ0v) is 11.8. The zero-order valence-electron chi connectivity index (χ0n) is 11.0. The molecule has 0 atom stereocenters. The van der Waals surface area contributed by atoms with Gasteiger partial charge in [-0.2, -0.15) is 0 Å². The van der Waals surface area contributed by atoms with Gasteiger partial charge in [0.1, 0.15) is 0 Å². The fourth-order valence-electron chi connectivity index (χ4n) is 1.51. The number of hydrogen-bond donors (Lipinski definition) is 2. The molecule has 0 saturated carbocycles. The maximum atomic E-state index is 11.9. The summed E-state index contributed by atoms with van der Waals surface area (Å²) in [4.78, 5) is 13.5. The number of thiophene rings is 1. The molecule has 0 aliphatic heterocycles. The molecule has 1 amide bonds. The maximum Gasteiger partial charge on any atom is 0.261 e. The van der Waals surface area contributed by atoms with Crippen molar-refractivity contribution < 1.29 is 4.79 Å². The number of carbonyl (C=O) groups excluding carboxylic acids is 1. The molecule has 0 saturated heterocycles. The largest absolute Gasteiger partial charge is 0.351 e. The minimum absolute atomic E-state index is 0.00000142. The topological polar surface area (TPSA) is 55.1 Å². The van der Waals surface area contributed by atoms with Crippen molar-refractivity contribution in [2.75, 3.05) is 13.1 Å². The molecule has 3 nitrogen and oxygen atoms in total. The summed E-state index contributed by atoms with van der Waals surface area (Å²) < 4.78 is 0. The van der Waals surface area contributed by atoms with Crippen molar-refractivity contribution in [2.45, 2.75) is 33.1 Å². The van der Waals surface area contributed by atoms with Gasteiger partial charge in [-0.15, -0.1) is 11.3 Å². The Morgan fingerprint density at radius 3 is 2.94 bits per heavy atom. The highest BCUT2D eigenvalue weighted by Crippen LogP contribution is 2.20. The number of rotatable bonds is 5. The van der Waals surface area contributed by atoms with Gasteiger partial charge in [-0.05, 0) is 25.0 Å². The smallest absolute Gasteiger partial charge is 0.261 e. The molecule has 0 aliphatic carbocycles. The monoisotopic (exact) mass is 264 g/mol. The minimum atomic E-state index is 0.00000142. The maximum absolute atomic E-state index is 11.9. The Kier molecular flexibility index (Phi) is 6.48. The predicted octanol–water partition coefficient (Wildman–Crippen LogP) is 2.29. The van der Waals surface area contributed by atoms with Crippen LogP contribution < -0.4 is 11.1 Å². The number of hydrogen-bond acceptors (Lipinski definition) is 3. The molecule has 1 heterocycles. The lowest BCUT2D eigenvalue weighted by Gasteiger charge is -2.01. The lowest BCUT2D eigenvalue weighted by atomic mass is 10.2. The summed E-state index contributed by atoms with van der Waals surface area (Å²) in [6.07, 6.45) is 3.34. The van der Waals surface area contributed by atoms with E-state index in [9.17, 15) is 4.79 Å². The molecular weight excluding hydrogens is 244 g/mol. The molecule has 1 rings (SSSR count). The Morgan fingerprint density at radius 1 is 1.50 bits per heavy atom. The van der Waals surface area contributed by atoms with Gasteiger partial charge in [0.15, 0.2) is 0 Å². The molecule has 1 aromatic heterocycles. The molecule has 3 N–H and O–H groups in total. The van der Waals surface area contributed by atoms with E-state index < -0.39 is 0 Å². The van der Waals surface area contributed by atoms with Crippen LogP contribution in [0.2, 0.25) is 0 Å². The van der Waals surface area contributed by atoms with Crippen LogP contribution in [0, 0.1) is 18.8 Å². The van der Waals surface area contributed by atoms with Crippen LogP contribution in [-0.4, -0.2) is 19.0 Å². The highest BCUT2D eigenvalue weighted by atomic mass is 32.1. The van der Waals surface area contributed by atoms with E-state index in [1.54, 1.807) is 0 Å². The number of nitrogens with one attached hydrogen (secondary N) is 1. The predicted molar refractivity (Wildman–Crippen MR) is 76.8 cm³/mol. The van der Waals surface area contributed by atoms with Gasteiger partial charge in [-0.1, -0.05) is 31.6 Å². The second kappa shape index (κ2) is 7.91. The number of aryl methyl sites for hydroxylation is 1. The molecule has 0 spiro atoms. The third kappa shape index (κ3) is 4.52. The molecular formula is C14H20N2OS. The summed E-state index contributed by atoms with van der Waals surface area (Å²) in [6, 6.07) is 1.89. The zero-order chi connectivity index (χ0) is 13.4. The van der Waals surface area contributed by atoms with Crippen molar-refractivity contribution in [3.05, 3.63) is 21.4 Å². The summed E-state index contributed by atoms with van der Waals surface area (Å²) in [6.45, 7) is 5.20. The molecule has 0 aromatic carbocycles. The molecule has 98 valence electrons. The van der Waals surface area contributed by atoms with Crippen LogP contribution in [0.15, 0.2) is 6.07 Å². The van der Waals surface area contributed by atoms with E-state index in [1.807, 2.05) is 13.0 Å². The Hall–Kier alpha value is -1.31. The van der Waals surface area contributed by atoms with Gasteiger partial charge in [0.05, 0.1) is 16.3 Å². The molecule has 0 fully saturated rings. The van der Waals surface area contributed by atoms with Crippen LogP contribution in [-0.2, 0) is 0 Å². The van der Waals surface area contributed by atoms with Gasteiger partial charge >= 0.3 is 0 Å². The van der Waals surface area contributed by atoms with Gasteiger partial charge in [0, 0.05) is 6.54 Å². The van der Waals surface area contributed by atoms with Gasteiger partial charge < -0.3 is 11.1 Å². The Labute approximate surface area is 113 Å². The fraction of sp³-hybridized carbons (Fsp3) is 0.500. The highest BCUT2D eigenvalue weighted by Gasteiger charge is 2.10. The summed E-state index contributed by atoms with van der Waals surface area (Å²) in [5, 5.41) is 2.93. The standard InChI is InChI=1S/C14H20N2OS/c1-3-4-5-9-16-14(17)13-10-11(2)12(18-13)7-6-8-15/h10H,3-5,8-9,15H2,1-2H3,(H,16,17). The van der Waals surface area contributed by atoms with Gasteiger partial charge in [0.25, 0.3) is 5.91 Å². The van der Waals surface area contributed by atoms with E-state index in [4.69, 9.17) is 5.73 Å². The van der Waals surface area contributed by atoms with Crippen molar-refractivity contribution in [1.29, 1.82) is 0 Å². The fourth-order valence-corrected chi connectivity index (χ4v) is 2.48. The first-order valence-electron chi connectivity index (χ1n) is 6.26. The minimum Gasteiger partial charge on any atom is -0.351 e. The molecule has 0 aliphatic rings. The summed E-state index contributed by atoms with van der Waals surface area (Å²) in [5.41, 5.74) is 6.38. The first-order valence-corrected chi connectivity index (χ1v) is 7.08. The molecule has 0 bridgehead atoms. The molecule has 0 radical (unpaired) electrons. The number of unbranched alkanes of at least 4 members (excludes halogenated alkanes) is 2. The Bertz CT molecular complexity index is 454. The quantitative estimate of drug-likeness (QED) is 0.633. The second-order valence-corrected chi connectivity index (χ2v) is 5.14. The molecule has 0 unspecified atom stereocenters. The van der Waals surface area contributed by atoms with E-state index in [-0.39, 0.29) is 5.91 Å². The van der Waals surface area contributed by atoms with Crippen LogP contribution in [0.1, 0.15) is 46.3 Å². The van der Waals surface area contributed by atoms with E-state index in [0.717, 1.165) is 41.1 Å².